The Morgan fingerprint density at radius 1 is 1.25 bits per heavy atom. The smallest absolute Gasteiger partial charge is 0.409 e. The number of guanidine groups is 1. The van der Waals surface area contributed by atoms with Crippen molar-refractivity contribution in [1.29, 1.82) is 0 Å². The molecule has 1 aliphatic carbocycles. The van der Waals surface area contributed by atoms with Crippen LogP contribution < -0.4 is 10.1 Å². The first-order valence-corrected chi connectivity index (χ1v) is 9.89. The zero-order chi connectivity index (χ0) is 19.5. The minimum absolute atomic E-state index is 0.0389. The topological polar surface area (TPSA) is 83.5 Å². The number of carbonyl (C=O) groups excluding carboxylic acids is 2. The third-order valence-corrected chi connectivity index (χ3v) is 5.51. The predicted octanol–water partition coefficient (Wildman–Crippen LogP) is 2.40. The van der Waals surface area contributed by atoms with Gasteiger partial charge in [-0.15, -0.1) is 0 Å². The molecule has 1 saturated carbocycles. The van der Waals surface area contributed by atoms with Gasteiger partial charge in [-0.3, -0.25) is 10.1 Å². The summed E-state index contributed by atoms with van der Waals surface area (Å²) in [6.07, 6.45) is 5.44. The van der Waals surface area contributed by atoms with Crippen LogP contribution in [0.2, 0.25) is 0 Å². The Balaban J connectivity index is 1.25. The van der Waals surface area contributed by atoms with Crippen LogP contribution in [0.25, 0.3) is 0 Å². The summed E-state index contributed by atoms with van der Waals surface area (Å²) in [6, 6.07) is 5.93. The number of ether oxygens (including phenoxy) is 2. The van der Waals surface area contributed by atoms with E-state index in [9.17, 15) is 9.59 Å². The van der Waals surface area contributed by atoms with Gasteiger partial charge in [-0.2, -0.15) is 0 Å². The lowest BCUT2D eigenvalue weighted by atomic mass is 9.95. The van der Waals surface area contributed by atoms with E-state index < -0.39 is 0 Å². The van der Waals surface area contributed by atoms with Crippen LogP contribution in [0, 0.1) is 0 Å². The zero-order valence-electron chi connectivity index (χ0n) is 16.1. The lowest BCUT2D eigenvalue weighted by Gasteiger charge is -2.30. The molecule has 2 amide bonds. The second kappa shape index (κ2) is 8.08. The Kier molecular flexibility index (Phi) is 5.36. The summed E-state index contributed by atoms with van der Waals surface area (Å²) in [5.74, 6) is 1.27. The van der Waals surface area contributed by atoms with Gasteiger partial charge in [0.25, 0.3) is 0 Å². The number of nitrogens with one attached hydrogen (secondary N) is 1. The molecule has 2 fully saturated rings. The molecule has 0 bridgehead atoms. The Labute approximate surface area is 164 Å². The highest BCUT2D eigenvalue weighted by Gasteiger charge is 2.29. The average molecular weight is 386 g/mol. The zero-order valence-corrected chi connectivity index (χ0v) is 16.1. The van der Waals surface area contributed by atoms with Crippen molar-refractivity contribution in [2.75, 3.05) is 26.8 Å². The van der Waals surface area contributed by atoms with Crippen molar-refractivity contribution >= 4 is 23.6 Å². The molecule has 28 heavy (non-hydrogen) atoms. The van der Waals surface area contributed by atoms with Gasteiger partial charge in [0, 0.05) is 25.2 Å². The molecule has 2 heterocycles. The number of hydrogen-bond acceptors (Lipinski definition) is 6. The number of carbonyl (C=O) groups is 2. The van der Waals surface area contributed by atoms with Gasteiger partial charge in [0.05, 0.1) is 5.69 Å². The second-order valence-corrected chi connectivity index (χ2v) is 7.50. The minimum Gasteiger partial charge on any atom is -0.490 e. The lowest BCUT2D eigenvalue weighted by molar-refractivity contribution is -0.118. The van der Waals surface area contributed by atoms with Gasteiger partial charge in [0.1, 0.15) is 25.5 Å². The van der Waals surface area contributed by atoms with E-state index in [1.165, 1.54) is 19.3 Å². The molecule has 0 radical (unpaired) electrons. The highest BCUT2D eigenvalue weighted by atomic mass is 16.6. The number of amides is 2. The van der Waals surface area contributed by atoms with E-state index in [4.69, 9.17) is 9.47 Å². The van der Waals surface area contributed by atoms with Gasteiger partial charge in [0.2, 0.25) is 11.9 Å². The van der Waals surface area contributed by atoms with Crippen molar-refractivity contribution in [2.45, 2.75) is 44.7 Å². The lowest BCUT2D eigenvalue weighted by Crippen LogP contribution is -2.39. The number of benzene rings is 1. The van der Waals surface area contributed by atoms with Crippen LogP contribution in [0.3, 0.4) is 0 Å². The van der Waals surface area contributed by atoms with Crippen LogP contribution in [0.5, 0.6) is 5.75 Å². The fraction of sp³-hybridized carbons (Fsp3) is 0.550. The van der Waals surface area contributed by atoms with Crippen molar-refractivity contribution in [3.05, 3.63) is 23.8 Å². The Morgan fingerprint density at radius 2 is 2.07 bits per heavy atom. The SMILES string of the molecule is CN(C(=O)OCCOc1ccc2c(c1)CN1CC(=O)NC1=N2)C1CCCCC1. The van der Waals surface area contributed by atoms with E-state index in [-0.39, 0.29) is 18.6 Å². The Morgan fingerprint density at radius 3 is 2.89 bits per heavy atom. The maximum Gasteiger partial charge on any atom is 0.409 e. The predicted molar refractivity (Wildman–Crippen MR) is 104 cm³/mol. The molecule has 0 unspecified atom stereocenters. The molecule has 150 valence electrons. The van der Waals surface area contributed by atoms with E-state index in [2.05, 4.69) is 10.3 Å². The Hall–Kier alpha value is -2.77. The number of fused-ring (bicyclic) bond motifs is 2. The molecular weight excluding hydrogens is 360 g/mol. The molecule has 0 spiro atoms. The average Bonchev–Trinajstić information content (AvgIpc) is 3.08. The normalized spacial score (nSPS) is 18.7. The molecule has 2 aliphatic heterocycles. The second-order valence-electron chi connectivity index (χ2n) is 7.50. The van der Waals surface area contributed by atoms with Crippen molar-refractivity contribution in [1.82, 2.24) is 15.1 Å². The molecule has 8 nitrogen and oxygen atoms in total. The standard InChI is InChI=1S/C20H26N4O4/c1-23(15-5-3-2-4-6-15)20(26)28-10-9-27-16-7-8-17-14(11-16)12-24-13-18(25)22-19(24)21-17/h7-8,11,15H,2-6,9-10,12-13H2,1H3,(H,21,22,25). The first kappa shape index (κ1) is 18.6. The van der Waals surface area contributed by atoms with Crippen molar-refractivity contribution in [3.63, 3.8) is 0 Å². The molecule has 1 aromatic rings. The van der Waals surface area contributed by atoms with E-state index in [0.29, 0.717) is 37.4 Å². The van der Waals surface area contributed by atoms with E-state index in [1.54, 1.807) is 4.90 Å². The molecule has 8 heteroatoms. The van der Waals surface area contributed by atoms with Gasteiger partial charge < -0.3 is 19.3 Å². The van der Waals surface area contributed by atoms with E-state index >= 15 is 0 Å². The summed E-state index contributed by atoms with van der Waals surface area (Å²) >= 11 is 0. The fourth-order valence-electron chi connectivity index (χ4n) is 3.94. The van der Waals surface area contributed by atoms with Gasteiger partial charge >= 0.3 is 6.09 Å². The molecule has 1 N–H and O–H groups in total. The largest absolute Gasteiger partial charge is 0.490 e. The molecule has 4 rings (SSSR count). The molecule has 1 saturated heterocycles. The minimum atomic E-state index is -0.283. The highest BCUT2D eigenvalue weighted by Crippen LogP contribution is 2.30. The molecule has 1 aromatic carbocycles. The van der Waals surface area contributed by atoms with Crippen molar-refractivity contribution in [3.8, 4) is 5.75 Å². The van der Waals surface area contributed by atoms with Gasteiger partial charge in [-0.1, -0.05) is 19.3 Å². The van der Waals surface area contributed by atoms with Crippen molar-refractivity contribution < 1.29 is 19.1 Å². The van der Waals surface area contributed by atoms with E-state index in [0.717, 1.165) is 24.1 Å². The molecule has 0 atom stereocenters. The van der Waals surface area contributed by atoms with E-state index in [1.807, 2.05) is 30.1 Å². The quantitative estimate of drug-likeness (QED) is 0.786. The van der Waals surface area contributed by atoms with Gasteiger partial charge in [0.15, 0.2) is 0 Å². The molecule has 3 aliphatic rings. The van der Waals surface area contributed by atoms with Gasteiger partial charge in [-0.25, -0.2) is 9.79 Å². The fourth-order valence-corrected chi connectivity index (χ4v) is 3.94. The monoisotopic (exact) mass is 386 g/mol. The number of rotatable bonds is 5. The number of aliphatic imine (C=N–C) groups is 1. The summed E-state index contributed by atoms with van der Waals surface area (Å²) in [6.45, 7) is 1.44. The van der Waals surface area contributed by atoms with Crippen LogP contribution in [-0.2, 0) is 16.1 Å². The highest BCUT2D eigenvalue weighted by molar-refractivity contribution is 6.05. The summed E-state index contributed by atoms with van der Waals surface area (Å²) in [5.41, 5.74) is 1.84. The first-order valence-electron chi connectivity index (χ1n) is 9.89. The maximum absolute atomic E-state index is 12.2. The summed E-state index contributed by atoms with van der Waals surface area (Å²) < 4.78 is 11.1. The molecule has 0 aromatic heterocycles. The van der Waals surface area contributed by atoms with Crippen LogP contribution in [0.4, 0.5) is 10.5 Å². The number of nitrogens with zero attached hydrogens (tertiary/aromatic N) is 3. The Bertz CT molecular complexity index is 788. The molecular formula is C20H26N4O4. The van der Waals surface area contributed by atoms with Crippen LogP contribution in [-0.4, -0.2) is 60.6 Å². The van der Waals surface area contributed by atoms with Gasteiger partial charge in [-0.05, 0) is 31.0 Å². The summed E-state index contributed by atoms with van der Waals surface area (Å²) in [5, 5.41) is 2.75. The number of hydrogen-bond donors (Lipinski definition) is 1. The third-order valence-electron chi connectivity index (χ3n) is 5.51. The van der Waals surface area contributed by atoms with Crippen LogP contribution in [0.15, 0.2) is 23.2 Å². The van der Waals surface area contributed by atoms with Crippen LogP contribution in [0.1, 0.15) is 37.7 Å². The third kappa shape index (κ3) is 4.05. The van der Waals surface area contributed by atoms with Crippen LogP contribution >= 0.6 is 0 Å². The van der Waals surface area contributed by atoms with Crippen molar-refractivity contribution in [2.24, 2.45) is 4.99 Å². The summed E-state index contributed by atoms with van der Waals surface area (Å²) in [7, 11) is 1.81. The first-order chi connectivity index (χ1) is 13.6. The summed E-state index contributed by atoms with van der Waals surface area (Å²) in [4.78, 5) is 31.8. The maximum atomic E-state index is 12.2.